The SMILES string of the molecule is COCC(N)CCS(=O)(=O)F. The van der Waals surface area contributed by atoms with E-state index in [2.05, 4.69) is 4.74 Å². The molecule has 0 saturated carbocycles. The molecule has 0 amide bonds. The highest BCUT2D eigenvalue weighted by Crippen LogP contribution is 1.97. The molecule has 0 radical (unpaired) electrons. The predicted molar refractivity (Wildman–Crippen MR) is 39.4 cm³/mol. The number of nitrogens with two attached hydrogens (primary N) is 1. The van der Waals surface area contributed by atoms with Crippen LogP contribution in [0.2, 0.25) is 0 Å². The van der Waals surface area contributed by atoms with E-state index in [9.17, 15) is 12.3 Å². The maximum Gasteiger partial charge on any atom is 0.302 e. The van der Waals surface area contributed by atoms with E-state index in [-0.39, 0.29) is 13.0 Å². The average Bonchev–Trinajstić information content (AvgIpc) is 1.83. The molecule has 0 aromatic carbocycles. The van der Waals surface area contributed by atoms with Crippen molar-refractivity contribution in [1.82, 2.24) is 0 Å². The highest BCUT2D eigenvalue weighted by molar-refractivity contribution is 7.86. The first-order chi connectivity index (χ1) is 4.95. The van der Waals surface area contributed by atoms with Crippen molar-refractivity contribution < 1.29 is 17.0 Å². The quantitative estimate of drug-likeness (QED) is 0.594. The van der Waals surface area contributed by atoms with Gasteiger partial charge in [0.05, 0.1) is 12.4 Å². The molecule has 0 aromatic heterocycles. The number of rotatable bonds is 5. The molecule has 0 spiro atoms. The predicted octanol–water partition coefficient (Wildman–Crippen LogP) is -0.350. The van der Waals surface area contributed by atoms with Gasteiger partial charge in [-0.25, -0.2) is 0 Å². The third-order valence-electron chi connectivity index (χ3n) is 1.11. The molecule has 4 nitrogen and oxygen atoms in total. The van der Waals surface area contributed by atoms with E-state index in [0.29, 0.717) is 0 Å². The number of hydrogen-bond donors (Lipinski definition) is 1. The molecule has 0 aromatic rings. The molecule has 68 valence electrons. The summed E-state index contributed by atoms with van der Waals surface area (Å²) in [4.78, 5) is 0. The number of ether oxygens (including phenoxy) is 1. The third-order valence-corrected chi connectivity index (χ3v) is 1.84. The molecule has 0 fully saturated rings. The first-order valence-electron chi connectivity index (χ1n) is 3.12. The second-order valence-electron chi connectivity index (χ2n) is 2.25. The largest absolute Gasteiger partial charge is 0.383 e. The normalized spacial score (nSPS) is 14.8. The second kappa shape index (κ2) is 4.63. The summed E-state index contributed by atoms with van der Waals surface area (Å²) >= 11 is 0. The standard InChI is InChI=1S/C5H12FNO3S/c1-10-4-5(7)2-3-11(6,8)9/h5H,2-4,7H2,1H3. The van der Waals surface area contributed by atoms with Crippen LogP contribution in [0.3, 0.4) is 0 Å². The monoisotopic (exact) mass is 185 g/mol. The minimum absolute atomic E-state index is 0.0900. The topological polar surface area (TPSA) is 69.4 Å². The van der Waals surface area contributed by atoms with Gasteiger partial charge in [0.2, 0.25) is 0 Å². The summed E-state index contributed by atoms with van der Waals surface area (Å²) in [6, 6.07) is -0.412. The Bertz CT molecular complexity index is 192. The fraction of sp³-hybridized carbons (Fsp3) is 1.00. The van der Waals surface area contributed by atoms with Crippen LogP contribution in [0.15, 0.2) is 0 Å². The lowest BCUT2D eigenvalue weighted by atomic mass is 10.3. The van der Waals surface area contributed by atoms with Crippen molar-refractivity contribution >= 4 is 10.2 Å². The van der Waals surface area contributed by atoms with Gasteiger partial charge in [-0.1, -0.05) is 0 Å². The van der Waals surface area contributed by atoms with Gasteiger partial charge in [0.25, 0.3) is 0 Å². The zero-order valence-electron chi connectivity index (χ0n) is 6.29. The molecule has 6 heteroatoms. The Hall–Kier alpha value is -0.200. The van der Waals surface area contributed by atoms with Crippen molar-refractivity contribution in [3.05, 3.63) is 0 Å². The van der Waals surface area contributed by atoms with Gasteiger partial charge in [-0.05, 0) is 6.42 Å². The summed E-state index contributed by atoms with van der Waals surface area (Å²) < 4.78 is 36.4. The van der Waals surface area contributed by atoms with Gasteiger partial charge in [-0.2, -0.15) is 8.42 Å². The van der Waals surface area contributed by atoms with Crippen LogP contribution in [0.25, 0.3) is 0 Å². The first-order valence-corrected chi connectivity index (χ1v) is 4.68. The maximum absolute atomic E-state index is 11.9. The van der Waals surface area contributed by atoms with Crippen LogP contribution >= 0.6 is 0 Å². The van der Waals surface area contributed by atoms with Crippen LogP contribution in [0, 0.1) is 0 Å². The molecule has 0 rings (SSSR count). The molecule has 11 heavy (non-hydrogen) atoms. The Morgan fingerprint density at radius 3 is 2.55 bits per heavy atom. The van der Waals surface area contributed by atoms with Crippen LogP contribution in [-0.2, 0) is 15.0 Å². The lowest BCUT2D eigenvalue weighted by Gasteiger charge is -2.07. The highest BCUT2D eigenvalue weighted by atomic mass is 32.3. The molecular formula is C5H12FNO3S. The molecule has 1 atom stereocenters. The molecule has 0 aliphatic carbocycles. The summed E-state index contributed by atoms with van der Waals surface area (Å²) in [7, 11) is -2.92. The van der Waals surface area contributed by atoms with E-state index in [4.69, 9.17) is 5.73 Å². The summed E-state index contributed by atoms with van der Waals surface area (Å²) in [5.74, 6) is -0.530. The van der Waals surface area contributed by atoms with E-state index in [0.717, 1.165) is 0 Å². The van der Waals surface area contributed by atoms with Crippen molar-refractivity contribution in [1.29, 1.82) is 0 Å². The third kappa shape index (κ3) is 7.70. The Balaban J connectivity index is 3.54. The van der Waals surface area contributed by atoms with Gasteiger partial charge in [0.15, 0.2) is 0 Å². The Morgan fingerprint density at radius 1 is 1.64 bits per heavy atom. The second-order valence-corrected chi connectivity index (χ2v) is 3.73. The van der Waals surface area contributed by atoms with Crippen LogP contribution in [0.4, 0.5) is 3.89 Å². The molecule has 0 aliphatic rings. The smallest absolute Gasteiger partial charge is 0.302 e. The highest BCUT2D eigenvalue weighted by Gasteiger charge is 2.10. The number of hydrogen-bond acceptors (Lipinski definition) is 4. The van der Waals surface area contributed by atoms with E-state index < -0.39 is 22.0 Å². The molecule has 1 unspecified atom stereocenters. The van der Waals surface area contributed by atoms with Crippen LogP contribution in [0.5, 0.6) is 0 Å². The fourth-order valence-corrected chi connectivity index (χ4v) is 1.17. The van der Waals surface area contributed by atoms with Crippen LogP contribution in [-0.4, -0.2) is 33.9 Å². The first kappa shape index (κ1) is 10.8. The van der Waals surface area contributed by atoms with Gasteiger partial charge >= 0.3 is 10.2 Å². The van der Waals surface area contributed by atoms with Crippen molar-refractivity contribution in [2.45, 2.75) is 12.5 Å². The van der Waals surface area contributed by atoms with E-state index in [1.807, 2.05) is 0 Å². The molecular weight excluding hydrogens is 173 g/mol. The van der Waals surface area contributed by atoms with Crippen LogP contribution in [0.1, 0.15) is 6.42 Å². The van der Waals surface area contributed by atoms with E-state index >= 15 is 0 Å². The van der Waals surface area contributed by atoms with Gasteiger partial charge < -0.3 is 10.5 Å². The molecule has 2 N–H and O–H groups in total. The van der Waals surface area contributed by atoms with Crippen molar-refractivity contribution in [3.8, 4) is 0 Å². The minimum Gasteiger partial charge on any atom is -0.383 e. The molecule has 0 bridgehead atoms. The van der Waals surface area contributed by atoms with E-state index in [1.54, 1.807) is 0 Å². The summed E-state index contributed by atoms with van der Waals surface area (Å²) in [5.41, 5.74) is 5.34. The summed E-state index contributed by atoms with van der Waals surface area (Å²) in [6.07, 6.45) is 0.0900. The zero-order chi connectivity index (χ0) is 8.91. The van der Waals surface area contributed by atoms with Crippen molar-refractivity contribution in [2.75, 3.05) is 19.5 Å². The van der Waals surface area contributed by atoms with Crippen LogP contribution < -0.4 is 5.73 Å². The summed E-state index contributed by atoms with van der Waals surface area (Å²) in [6.45, 7) is 0.246. The molecule has 0 heterocycles. The number of methoxy groups -OCH3 is 1. The Labute approximate surface area is 65.7 Å². The Kier molecular flexibility index (Phi) is 4.55. The van der Waals surface area contributed by atoms with Gasteiger partial charge in [-0.3, -0.25) is 0 Å². The van der Waals surface area contributed by atoms with Gasteiger partial charge in [0.1, 0.15) is 0 Å². The average molecular weight is 185 g/mol. The minimum atomic E-state index is -4.37. The van der Waals surface area contributed by atoms with Gasteiger partial charge in [-0.15, -0.1) is 3.89 Å². The zero-order valence-corrected chi connectivity index (χ0v) is 7.10. The molecule has 0 aliphatic heterocycles. The lowest BCUT2D eigenvalue weighted by molar-refractivity contribution is 0.179. The maximum atomic E-state index is 11.9. The van der Waals surface area contributed by atoms with Gasteiger partial charge in [0, 0.05) is 13.2 Å². The Morgan fingerprint density at radius 2 is 2.18 bits per heavy atom. The number of halogens is 1. The van der Waals surface area contributed by atoms with Crippen molar-refractivity contribution in [2.24, 2.45) is 5.73 Å². The van der Waals surface area contributed by atoms with Crippen molar-refractivity contribution in [3.63, 3.8) is 0 Å². The fourth-order valence-electron chi connectivity index (χ4n) is 0.590. The summed E-state index contributed by atoms with van der Waals surface area (Å²) in [5, 5.41) is 0. The lowest BCUT2D eigenvalue weighted by Crippen LogP contribution is -2.27. The molecule has 0 saturated heterocycles. The van der Waals surface area contributed by atoms with E-state index in [1.165, 1.54) is 7.11 Å².